The molecule has 1 aromatic rings. The molecule has 1 aromatic carbocycles. The molecule has 0 spiro atoms. The fraction of sp³-hybridized carbons (Fsp3) is 0.235. The van der Waals surface area contributed by atoms with Crippen molar-refractivity contribution in [1.82, 2.24) is 0 Å². The summed E-state index contributed by atoms with van der Waals surface area (Å²) < 4.78 is 14.7. The quantitative estimate of drug-likeness (QED) is 0.368. The van der Waals surface area contributed by atoms with Gasteiger partial charge < -0.3 is 19.5 Å². The van der Waals surface area contributed by atoms with Crippen LogP contribution in [0.3, 0.4) is 0 Å². The Morgan fingerprint density at radius 3 is 2.54 bits per heavy atom. The van der Waals surface area contributed by atoms with Crippen LogP contribution in [0.15, 0.2) is 48.8 Å². The zero-order chi connectivity index (χ0) is 17.7. The van der Waals surface area contributed by atoms with Crippen LogP contribution < -0.4 is 5.32 Å². The Kier molecular flexibility index (Phi) is 5.03. The molecule has 7 nitrogen and oxygen atoms in total. The summed E-state index contributed by atoms with van der Waals surface area (Å²) in [6.45, 7) is 3.62. The van der Waals surface area contributed by atoms with Gasteiger partial charge in [0.05, 0.1) is 20.3 Å². The molecule has 7 heteroatoms. The summed E-state index contributed by atoms with van der Waals surface area (Å²) in [5, 5.41) is 2.96. The average Bonchev–Trinajstić information content (AvgIpc) is 2.86. The third-order valence-electron chi connectivity index (χ3n) is 3.43. The van der Waals surface area contributed by atoms with Gasteiger partial charge in [0, 0.05) is 17.7 Å². The molecular formula is C17H17NO6. The van der Waals surface area contributed by atoms with E-state index < -0.39 is 23.4 Å². The van der Waals surface area contributed by atoms with Gasteiger partial charge in [-0.1, -0.05) is 18.2 Å². The number of Topliss-reactive ketones (excluding diaryl/α,β-unsaturated/α-hetero) is 1. The maximum atomic E-state index is 12.8. The lowest BCUT2D eigenvalue weighted by Gasteiger charge is -2.28. The number of para-hydroxylation sites is 1. The van der Waals surface area contributed by atoms with Gasteiger partial charge in [-0.3, -0.25) is 4.79 Å². The Balaban J connectivity index is 2.43. The number of nitrogens with one attached hydrogen (secondary N) is 1. The van der Waals surface area contributed by atoms with Crippen molar-refractivity contribution in [3.05, 3.63) is 54.3 Å². The highest BCUT2D eigenvalue weighted by atomic mass is 16.6. The first-order valence-electron chi connectivity index (χ1n) is 7.07. The smallest absolute Gasteiger partial charge is 0.373 e. The highest BCUT2D eigenvalue weighted by Gasteiger charge is 2.48. The van der Waals surface area contributed by atoms with Gasteiger partial charge in [0.1, 0.15) is 0 Å². The Morgan fingerprint density at radius 2 is 1.96 bits per heavy atom. The van der Waals surface area contributed by atoms with Crippen LogP contribution in [0.2, 0.25) is 0 Å². The zero-order valence-corrected chi connectivity index (χ0v) is 13.3. The van der Waals surface area contributed by atoms with Crippen LogP contribution in [0.1, 0.15) is 16.8 Å². The van der Waals surface area contributed by atoms with Gasteiger partial charge in [0.15, 0.2) is 0 Å². The fourth-order valence-electron chi connectivity index (χ4n) is 2.33. The molecule has 0 fully saturated rings. The van der Waals surface area contributed by atoms with Crippen LogP contribution in [0, 0.1) is 0 Å². The first-order chi connectivity index (χ1) is 11.5. The number of anilines is 1. The van der Waals surface area contributed by atoms with Crippen molar-refractivity contribution < 1.29 is 28.6 Å². The molecule has 0 bridgehead atoms. The molecule has 0 saturated carbocycles. The van der Waals surface area contributed by atoms with Gasteiger partial charge in [-0.25, -0.2) is 9.59 Å². The van der Waals surface area contributed by atoms with Crippen LogP contribution in [-0.4, -0.2) is 37.7 Å². The molecule has 0 radical (unpaired) electrons. The number of benzene rings is 1. The summed E-state index contributed by atoms with van der Waals surface area (Å²) in [4.78, 5) is 36.1. The second-order valence-corrected chi connectivity index (χ2v) is 4.94. The Hall–Kier alpha value is -3.09. The number of fused-ring (bicyclic) bond motifs is 1. The number of hydrogen-bond acceptors (Lipinski definition) is 7. The van der Waals surface area contributed by atoms with E-state index in [0.29, 0.717) is 11.3 Å². The molecule has 1 N–H and O–H groups in total. The Morgan fingerprint density at radius 1 is 1.25 bits per heavy atom. The normalized spacial score (nSPS) is 19.1. The van der Waals surface area contributed by atoms with Crippen molar-refractivity contribution in [2.75, 3.05) is 19.5 Å². The molecular weight excluding hydrogens is 314 g/mol. The molecule has 126 valence electrons. The first kappa shape index (κ1) is 17.3. The van der Waals surface area contributed by atoms with Crippen LogP contribution in [0.5, 0.6) is 0 Å². The summed E-state index contributed by atoms with van der Waals surface area (Å²) in [5.74, 6) is -2.54. The van der Waals surface area contributed by atoms with E-state index in [1.54, 1.807) is 24.3 Å². The van der Waals surface area contributed by atoms with Crippen molar-refractivity contribution in [3.63, 3.8) is 0 Å². The first-order valence-corrected chi connectivity index (χ1v) is 7.07. The summed E-state index contributed by atoms with van der Waals surface area (Å²) in [6, 6.07) is 6.83. The molecule has 24 heavy (non-hydrogen) atoms. The minimum atomic E-state index is -1.58. The van der Waals surface area contributed by atoms with Crippen molar-refractivity contribution in [2.45, 2.75) is 12.1 Å². The van der Waals surface area contributed by atoms with Gasteiger partial charge in [-0.15, -0.1) is 6.58 Å². The molecule has 0 aliphatic carbocycles. The third-order valence-corrected chi connectivity index (χ3v) is 3.43. The number of hydrogen-bond donors (Lipinski definition) is 1. The molecule has 0 aromatic heterocycles. The minimum absolute atomic E-state index is 0.0655. The molecule has 1 aliphatic heterocycles. The fourth-order valence-corrected chi connectivity index (χ4v) is 2.33. The zero-order valence-electron chi connectivity index (χ0n) is 13.3. The van der Waals surface area contributed by atoms with Crippen molar-refractivity contribution in [3.8, 4) is 0 Å². The summed E-state index contributed by atoms with van der Waals surface area (Å²) in [6.07, 6.45) is 2.37. The van der Waals surface area contributed by atoms with Crippen molar-refractivity contribution in [1.29, 1.82) is 0 Å². The maximum Gasteiger partial charge on any atom is 0.373 e. The number of carbonyl (C=O) groups is 3. The minimum Gasteiger partial charge on any atom is -0.466 e. The van der Waals surface area contributed by atoms with E-state index in [1.807, 2.05) is 0 Å². The van der Waals surface area contributed by atoms with E-state index in [9.17, 15) is 14.4 Å². The van der Waals surface area contributed by atoms with Crippen LogP contribution in [-0.2, 0) is 23.8 Å². The Bertz CT molecular complexity index is 724. The van der Waals surface area contributed by atoms with Gasteiger partial charge >= 0.3 is 11.9 Å². The van der Waals surface area contributed by atoms with Gasteiger partial charge in [0.2, 0.25) is 17.3 Å². The lowest BCUT2D eigenvalue weighted by molar-refractivity contribution is -0.143. The SMILES string of the molecule is C=CCC1(O/C(=C\C(=O)OC)C(=O)OC)Nc2ccccc2C1=O. The number of rotatable bonds is 6. The van der Waals surface area contributed by atoms with Crippen LogP contribution in [0.4, 0.5) is 5.69 Å². The van der Waals surface area contributed by atoms with E-state index >= 15 is 0 Å². The van der Waals surface area contributed by atoms with E-state index in [-0.39, 0.29) is 12.2 Å². The van der Waals surface area contributed by atoms with Gasteiger partial charge in [-0.2, -0.15) is 0 Å². The molecule has 1 atom stereocenters. The van der Waals surface area contributed by atoms with E-state index in [4.69, 9.17) is 4.74 Å². The van der Waals surface area contributed by atoms with Crippen LogP contribution in [0.25, 0.3) is 0 Å². The Labute approximate surface area is 138 Å². The number of esters is 2. The third kappa shape index (κ3) is 3.15. The predicted molar refractivity (Wildman–Crippen MR) is 85.1 cm³/mol. The number of carbonyl (C=O) groups excluding carboxylic acids is 3. The summed E-state index contributed by atoms with van der Waals surface area (Å²) >= 11 is 0. The molecule has 1 aliphatic rings. The molecule has 0 saturated heterocycles. The molecule has 0 amide bonds. The standard InChI is InChI=1S/C17H17NO6/c1-4-9-17(15(20)11-7-5-6-8-12(11)18-17)24-13(16(21)23-3)10-14(19)22-2/h4-8,10,18H,1,9H2,2-3H3/b13-10-. The highest BCUT2D eigenvalue weighted by molar-refractivity contribution is 6.13. The molecule has 1 unspecified atom stereocenters. The van der Waals surface area contributed by atoms with E-state index in [1.165, 1.54) is 6.08 Å². The van der Waals surface area contributed by atoms with Crippen molar-refractivity contribution in [2.24, 2.45) is 0 Å². The van der Waals surface area contributed by atoms with Crippen LogP contribution >= 0.6 is 0 Å². The van der Waals surface area contributed by atoms with E-state index in [2.05, 4.69) is 21.4 Å². The van der Waals surface area contributed by atoms with E-state index in [0.717, 1.165) is 20.3 Å². The summed E-state index contributed by atoms with van der Waals surface area (Å²) in [7, 11) is 2.29. The average molecular weight is 331 g/mol. The summed E-state index contributed by atoms with van der Waals surface area (Å²) in [5.41, 5.74) is -0.604. The number of ether oxygens (including phenoxy) is 3. The number of ketones is 1. The topological polar surface area (TPSA) is 90.9 Å². The second-order valence-electron chi connectivity index (χ2n) is 4.94. The highest BCUT2D eigenvalue weighted by Crippen LogP contribution is 2.37. The second kappa shape index (κ2) is 6.99. The largest absolute Gasteiger partial charge is 0.466 e. The molecule has 2 rings (SSSR count). The van der Waals surface area contributed by atoms with Gasteiger partial charge in [0.25, 0.3) is 0 Å². The van der Waals surface area contributed by atoms with Gasteiger partial charge in [-0.05, 0) is 12.1 Å². The number of methoxy groups -OCH3 is 2. The lowest BCUT2D eigenvalue weighted by Crippen LogP contribution is -2.45. The predicted octanol–water partition coefficient (Wildman–Crippen LogP) is 1.81. The monoisotopic (exact) mass is 331 g/mol. The molecule has 1 heterocycles. The lowest BCUT2D eigenvalue weighted by atomic mass is 10.0. The van der Waals surface area contributed by atoms with Crippen molar-refractivity contribution >= 4 is 23.4 Å². The maximum absolute atomic E-state index is 12.8.